The van der Waals surface area contributed by atoms with E-state index in [1.165, 1.54) is 12.1 Å². The second-order valence-corrected chi connectivity index (χ2v) is 3.19. The lowest BCUT2D eigenvalue weighted by atomic mass is 10.3. The lowest BCUT2D eigenvalue weighted by Gasteiger charge is -1.99. The normalized spacial score (nSPS) is 11.2. The maximum atomic E-state index is 10.4. The number of anilines is 1. The summed E-state index contributed by atoms with van der Waals surface area (Å²) in [5.74, 6) is 0. The molecule has 0 amide bonds. The zero-order valence-electron chi connectivity index (χ0n) is 8.11. The summed E-state index contributed by atoms with van der Waals surface area (Å²) in [4.78, 5) is 9.91. The van der Waals surface area contributed by atoms with Gasteiger partial charge < -0.3 is 0 Å². The Balaban J connectivity index is 2.69. The Hall–Kier alpha value is -1.62. The molecule has 0 aliphatic heterocycles. The first-order valence-electron chi connectivity index (χ1n) is 4.36. The van der Waals surface area contributed by atoms with E-state index in [0.717, 1.165) is 0 Å². The minimum absolute atomic E-state index is 0.0473. The number of nitrogens with zero attached hydrogens (tertiary/aromatic N) is 2. The van der Waals surface area contributed by atoms with Crippen molar-refractivity contribution in [3.8, 4) is 0 Å². The van der Waals surface area contributed by atoms with Crippen molar-refractivity contribution in [2.45, 2.75) is 13.3 Å². The fraction of sp³-hybridized carbons (Fsp3) is 0.222. The van der Waals surface area contributed by atoms with Crippen LogP contribution in [0.1, 0.15) is 13.3 Å². The standard InChI is InChI=1S/C9H10ClN3O2/c1-2-9(10)12-11-7-3-5-8(6-4-7)13(14)15/h3-6,11H,2H2,1H3. The van der Waals surface area contributed by atoms with E-state index in [9.17, 15) is 10.1 Å². The number of halogens is 1. The molecule has 0 saturated carbocycles. The molecule has 0 radical (unpaired) electrons. The molecule has 1 aromatic rings. The molecule has 0 heterocycles. The highest BCUT2D eigenvalue weighted by molar-refractivity contribution is 6.65. The lowest BCUT2D eigenvalue weighted by Crippen LogP contribution is -1.94. The van der Waals surface area contributed by atoms with Crippen LogP contribution in [0.5, 0.6) is 0 Å². The van der Waals surface area contributed by atoms with Crippen molar-refractivity contribution >= 4 is 28.1 Å². The number of benzene rings is 1. The molecule has 0 aliphatic carbocycles. The number of nitro groups is 1. The van der Waals surface area contributed by atoms with E-state index in [4.69, 9.17) is 11.6 Å². The van der Waals surface area contributed by atoms with Crippen LogP contribution in [0.25, 0.3) is 0 Å². The van der Waals surface area contributed by atoms with Crippen LogP contribution in [0.4, 0.5) is 11.4 Å². The molecule has 1 aromatic carbocycles. The topological polar surface area (TPSA) is 67.5 Å². The molecule has 80 valence electrons. The highest BCUT2D eigenvalue weighted by Gasteiger charge is 2.02. The molecule has 0 saturated heterocycles. The van der Waals surface area contributed by atoms with Crippen molar-refractivity contribution in [3.63, 3.8) is 0 Å². The predicted octanol–water partition coefficient (Wildman–Crippen LogP) is 2.97. The van der Waals surface area contributed by atoms with Crippen LogP contribution in [-0.4, -0.2) is 10.1 Å². The molecule has 0 aromatic heterocycles. The van der Waals surface area contributed by atoms with Gasteiger partial charge in [0, 0.05) is 12.1 Å². The molecule has 0 bridgehead atoms. The first-order valence-corrected chi connectivity index (χ1v) is 4.73. The summed E-state index contributed by atoms with van der Waals surface area (Å²) in [7, 11) is 0. The van der Waals surface area contributed by atoms with Crippen LogP contribution in [0.3, 0.4) is 0 Å². The first-order chi connectivity index (χ1) is 7.13. The quantitative estimate of drug-likeness (QED) is 0.489. The lowest BCUT2D eigenvalue weighted by molar-refractivity contribution is -0.384. The van der Waals surface area contributed by atoms with E-state index < -0.39 is 4.92 Å². The number of rotatable bonds is 4. The van der Waals surface area contributed by atoms with Gasteiger partial charge in [-0.25, -0.2) is 0 Å². The summed E-state index contributed by atoms with van der Waals surface area (Å²) in [5, 5.41) is 14.7. The van der Waals surface area contributed by atoms with Gasteiger partial charge in [0.25, 0.3) is 5.69 Å². The van der Waals surface area contributed by atoms with Crippen molar-refractivity contribution in [2.24, 2.45) is 5.10 Å². The fourth-order valence-electron chi connectivity index (χ4n) is 0.862. The molecule has 0 unspecified atom stereocenters. The van der Waals surface area contributed by atoms with Crippen LogP contribution < -0.4 is 5.43 Å². The molecule has 1 N–H and O–H groups in total. The monoisotopic (exact) mass is 227 g/mol. The van der Waals surface area contributed by atoms with E-state index in [-0.39, 0.29) is 5.69 Å². The van der Waals surface area contributed by atoms with Crippen LogP contribution in [0.15, 0.2) is 29.4 Å². The average Bonchev–Trinajstić information content (AvgIpc) is 2.26. The van der Waals surface area contributed by atoms with E-state index in [2.05, 4.69) is 10.5 Å². The van der Waals surface area contributed by atoms with Gasteiger partial charge in [0.15, 0.2) is 0 Å². The van der Waals surface area contributed by atoms with E-state index in [1.54, 1.807) is 12.1 Å². The Morgan fingerprint density at radius 3 is 2.60 bits per heavy atom. The molecule has 1 rings (SSSR count). The molecule has 6 heteroatoms. The van der Waals surface area contributed by atoms with Gasteiger partial charge in [0.05, 0.1) is 10.6 Å². The Morgan fingerprint density at radius 1 is 1.53 bits per heavy atom. The zero-order valence-corrected chi connectivity index (χ0v) is 8.86. The SMILES string of the molecule is CCC(Cl)=NNc1ccc([N+](=O)[O-])cc1. The number of hydrogen-bond acceptors (Lipinski definition) is 4. The molecule has 0 spiro atoms. The highest BCUT2D eigenvalue weighted by atomic mass is 35.5. The second-order valence-electron chi connectivity index (χ2n) is 2.76. The molecule has 15 heavy (non-hydrogen) atoms. The molecule has 5 nitrogen and oxygen atoms in total. The van der Waals surface area contributed by atoms with Crippen molar-refractivity contribution in [3.05, 3.63) is 34.4 Å². The Kier molecular flexibility index (Phi) is 4.05. The molecule has 0 atom stereocenters. The van der Waals surface area contributed by atoms with Gasteiger partial charge in [-0.3, -0.25) is 15.5 Å². The summed E-state index contributed by atoms with van der Waals surface area (Å²) in [5.41, 5.74) is 3.40. The number of hydrogen-bond donors (Lipinski definition) is 1. The summed E-state index contributed by atoms with van der Waals surface area (Å²) in [6.07, 6.45) is 0.640. The number of non-ortho nitro benzene ring substituents is 1. The largest absolute Gasteiger partial charge is 0.277 e. The Morgan fingerprint density at radius 2 is 2.13 bits per heavy atom. The van der Waals surface area contributed by atoms with Crippen molar-refractivity contribution in [2.75, 3.05) is 5.43 Å². The molecular weight excluding hydrogens is 218 g/mol. The number of nitro benzene ring substituents is 1. The molecular formula is C9H10ClN3O2. The van der Waals surface area contributed by atoms with Gasteiger partial charge in [0.2, 0.25) is 0 Å². The predicted molar refractivity (Wildman–Crippen MR) is 60.3 cm³/mol. The van der Waals surface area contributed by atoms with Crippen LogP contribution in [0.2, 0.25) is 0 Å². The number of nitrogens with one attached hydrogen (secondary N) is 1. The fourth-order valence-corrected chi connectivity index (χ4v) is 0.904. The van der Waals surface area contributed by atoms with Gasteiger partial charge in [-0.05, 0) is 18.6 Å². The van der Waals surface area contributed by atoms with Crippen molar-refractivity contribution < 1.29 is 4.92 Å². The second kappa shape index (κ2) is 5.31. The molecule has 0 aliphatic rings. The third-order valence-corrected chi connectivity index (χ3v) is 2.03. The van der Waals surface area contributed by atoms with Crippen LogP contribution >= 0.6 is 11.6 Å². The number of hydrazone groups is 1. The summed E-state index contributed by atoms with van der Waals surface area (Å²) < 4.78 is 0. The van der Waals surface area contributed by atoms with Gasteiger partial charge in [-0.1, -0.05) is 18.5 Å². The van der Waals surface area contributed by atoms with E-state index >= 15 is 0 Å². The molecule has 0 fully saturated rings. The minimum Gasteiger partial charge on any atom is -0.277 e. The third-order valence-electron chi connectivity index (χ3n) is 1.68. The van der Waals surface area contributed by atoms with Crippen LogP contribution in [-0.2, 0) is 0 Å². The van der Waals surface area contributed by atoms with Gasteiger partial charge in [-0.15, -0.1) is 0 Å². The van der Waals surface area contributed by atoms with E-state index in [0.29, 0.717) is 17.3 Å². The maximum Gasteiger partial charge on any atom is 0.269 e. The first kappa shape index (κ1) is 11.5. The Bertz CT molecular complexity index is 375. The van der Waals surface area contributed by atoms with Crippen LogP contribution in [0, 0.1) is 10.1 Å². The zero-order chi connectivity index (χ0) is 11.3. The minimum atomic E-state index is -0.452. The van der Waals surface area contributed by atoms with Gasteiger partial charge >= 0.3 is 0 Å². The van der Waals surface area contributed by atoms with Crippen molar-refractivity contribution in [1.29, 1.82) is 0 Å². The van der Waals surface area contributed by atoms with E-state index in [1.807, 2.05) is 6.92 Å². The van der Waals surface area contributed by atoms with Gasteiger partial charge in [0.1, 0.15) is 5.17 Å². The summed E-state index contributed by atoms with van der Waals surface area (Å²) in [6.45, 7) is 1.88. The third kappa shape index (κ3) is 3.55. The Labute approximate surface area is 91.9 Å². The average molecular weight is 228 g/mol. The summed E-state index contributed by atoms with van der Waals surface area (Å²) >= 11 is 5.68. The van der Waals surface area contributed by atoms with Crippen molar-refractivity contribution in [1.82, 2.24) is 0 Å². The smallest absolute Gasteiger partial charge is 0.269 e. The highest BCUT2D eigenvalue weighted by Crippen LogP contribution is 2.15. The maximum absolute atomic E-state index is 10.4. The summed E-state index contributed by atoms with van der Waals surface area (Å²) in [6, 6.07) is 5.94. The van der Waals surface area contributed by atoms with Gasteiger partial charge in [-0.2, -0.15) is 5.10 Å².